The van der Waals surface area contributed by atoms with E-state index in [1.54, 1.807) is 7.11 Å². The van der Waals surface area contributed by atoms with E-state index in [4.69, 9.17) is 15.8 Å². The largest absolute Gasteiger partial charge is 0.325 e. The molecule has 0 bridgehead atoms. The van der Waals surface area contributed by atoms with Crippen LogP contribution in [-0.2, 0) is 4.52 Å². The zero-order chi connectivity index (χ0) is 13.2. The lowest BCUT2D eigenvalue weighted by Crippen LogP contribution is -2.35. The fraction of sp³-hybridized carbons (Fsp3) is 0.0769. The summed E-state index contributed by atoms with van der Waals surface area (Å²) in [6.45, 7) is 0. The van der Waals surface area contributed by atoms with Crippen molar-refractivity contribution in [2.24, 2.45) is 0 Å². The molecular formula is C13H13ClN2OP2. The van der Waals surface area contributed by atoms with Crippen LogP contribution in [0.15, 0.2) is 60.7 Å². The Morgan fingerprint density at radius 1 is 0.842 bits per heavy atom. The van der Waals surface area contributed by atoms with Gasteiger partial charge >= 0.3 is 0 Å². The Labute approximate surface area is 120 Å². The van der Waals surface area contributed by atoms with Crippen LogP contribution in [0.3, 0.4) is 0 Å². The molecular weight excluding hydrogens is 298 g/mol. The van der Waals surface area contributed by atoms with Crippen molar-refractivity contribution in [2.45, 2.75) is 0 Å². The van der Waals surface area contributed by atoms with Crippen LogP contribution in [0.5, 0.6) is 0 Å². The molecule has 1 aliphatic rings. The molecule has 0 atom stereocenters. The standard InChI is InChI=1S/C13H13ClN2OP2/c1-17-19-15(12-8-4-2-5-9-12)18(14)16(19)13-10-6-3-7-11-13/h2-11H,1H3. The van der Waals surface area contributed by atoms with Crippen LogP contribution in [0, 0.1) is 0 Å². The molecule has 1 heterocycles. The van der Waals surface area contributed by atoms with Gasteiger partial charge in [0.2, 0.25) is 7.58 Å². The molecule has 98 valence electrons. The van der Waals surface area contributed by atoms with Crippen LogP contribution in [0.1, 0.15) is 0 Å². The Morgan fingerprint density at radius 2 is 1.26 bits per heavy atom. The molecule has 0 aliphatic carbocycles. The highest BCUT2D eigenvalue weighted by Gasteiger charge is 2.48. The Morgan fingerprint density at radius 3 is 1.63 bits per heavy atom. The van der Waals surface area contributed by atoms with E-state index in [0.717, 1.165) is 11.4 Å². The minimum atomic E-state index is -0.900. The third-order valence-electron chi connectivity index (χ3n) is 2.77. The maximum Gasteiger partial charge on any atom is 0.259 e. The molecule has 3 nitrogen and oxygen atoms in total. The average Bonchev–Trinajstić information content (AvgIpc) is 2.47. The van der Waals surface area contributed by atoms with Crippen LogP contribution in [0.25, 0.3) is 0 Å². The lowest BCUT2D eigenvalue weighted by Gasteiger charge is -2.52. The van der Waals surface area contributed by atoms with E-state index >= 15 is 0 Å². The maximum absolute atomic E-state index is 6.58. The molecule has 3 rings (SSSR count). The number of benzene rings is 2. The van der Waals surface area contributed by atoms with Gasteiger partial charge in [0.15, 0.2) is 0 Å². The fourth-order valence-corrected chi connectivity index (χ4v) is 7.32. The van der Waals surface area contributed by atoms with E-state index < -0.39 is 16.0 Å². The molecule has 19 heavy (non-hydrogen) atoms. The van der Waals surface area contributed by atoms with Crippen molar-refractivity contribution in [1.82, 2.24) is 0 Å². The van der Waals surface area contributed by atoms with E-state index in [2.05, 4.69) is 33.1 Å². The molecule has 1 aliphatic heterocycles. The predicted octanol–water partition coefficient (Wildman–Crippen LogP) is 5.35. The van der Waals surface area contributed by atoms with E-state index in [1.807, 2.05) is 36.4 Å². The summed E-state index contributed by atoms with van der Waals surface area (Å²) in [4.78, 5) is 0. The van der Waals surface area contributed by atoms with Crippen molar-refractivity contribution in [2.75, 3.05) is 16.0 Å². The minimum Gasteiger partial charge on any atom is -0.325 e. The van der Waals surface area contributed by atoms with Crippen molar-refractivity contribution in [3.8, 4) is 0 Å². The number of halogens is 1. The summed E-state index contributed by atoms with van der Waals surface area (Å²) in [5.74, 6) is 0. The van der Waals surface area contributed by atoms with Crippen LogP contribution in [0.4, 0.5) is 11.4 Å². The van der Waals surface area contributed by atoms with Gasteiger partial charge in [0, 0.05) is 18.5 Å². The maximum atomic E-state index is 6.58. The van der Waals surface area contributed by atoms with Gasteiger partial charge in [-0.2, -0.15) is 0 Å². The summed E-state index contributed by atoms with van der Waals surface area (Å²) < 4.78 is 9.97. The first kappa shape index (κ1) is 13.1. The predicted molar refractivity (Wildman–Crippen MR) is 84.5 cm³/mol. The quantitative estimate of drug-likeness (QED) is 0.710. The molecule has 0 unspecified atom stereocenters. The van der Waals surface area contributed by atoms with E-state index in [-0.39, 0.29) is 0 Å². The highest BCUT2D eigenvalue weighted by Crippen LogP contribution is 2.80. The van der Waals surface area contributed by atoms with Gasteiger partial charge < -0.3 is 4.52 Å². The van der Waals surface area contributed by atoms with Gasteiger partial charge in [-0.15, -0.1) is 0 Å². The Kier molecular flexibility index (Phi) is 3.91. The summed E-state index contributed by atoms with van der Waals surface area (Å²) in [6.07, 6.45) is 0. The second-order valence-corrected chi connectivity index (χ2v) is 8.42. The van der Waals surface area contributed by atoms with Crippen LogP contribution in [0.2, 0.25) is 0 Å². The Hall–Kier alpha value is -0.850. The zero-order valence-electron chi connectivity index (χ0n) is 10.3. The fourth-order valence-electron chi connectivity index (χ4n) is 1.92. The first-order valence-electron chi connectivity index (χ1n) is 5.83. The molecule has 1 fully saturated rings. The van der Waals surface area contributed by atoms with Crippen molar-refractivity contribution in [1.29, 1.82) is 0 Å². The summed E-state index contributed by atoms with van der Waals surface area (Å²) in [5.41, 5.74) is 2.23. The van der Waals surface area contributed by atoms with Gasteiger partial charge in [-0.05, 0) is 35.5 Å². The summed E-state index contributed by atoms with van der Waals surface area (Å²) in [5, 5.41) is 0. The summed E-state index contributed by atoms with van der Waals surface area (Å²) in [7, 11) is -0.0174. The third-order valence-corrected chi connectivity index (χ3v) is 8.77. The second-order valence-electron chi connectivity index (χ2n) is 3.93. The van der Waals surface area contributed by atoms with Gasteiger partial charge in [0.05, 0.1) is 0 Å². The molecule has 6 heteroatoms. The number of hydrogen-bond acceptors (Lipinski definition) is 3. The SMILES string of the molecule is COP1N(c2ccccc2)P(Cl)N1c1ccccc1. The number of hydrogen-bond donors (Lipinski definition) is 0. The van der Waals surface area contributed by atoms with Gasteiger partial charge in [0.25, 0.3) is 8.45 Å². The topological polar surface area (TPSA) is 15.7 Å². The van der Waals surface area contributed by atoms with E-state index in [1.165, 1.54) is 0 Å². The highest BCUT2D eigenvalue weighted by molar-refractivity contribution is 8.06. The number of para-hydroxylation sites is 2. The Balaban J connectivity index is 1.88. The molecule has 0 spiro atoms. The molecule has 1 saturated heterocycles. The lowest BCUT2D eigenvalue weighted by atomic mass is 10.3. The molecule has 0 saturated carbocycles. The van der Waals surface area contributed by atoms with E-state index in [0.29, 0.717) is 0 Å². The average molecular weight is 311 g/mol. The minimum absolute atomic E-state index is 0.851. The molecule has 0 aromatic heterocycles. The van der Waals surface area contributed by atoms with Crippen molar-refractivity contribution >= 4 is 38.6 Å². The number of nitrogens with zero attached hydrogens (tertiary/aromatic N) is 2. The second kappa shape index (κ2) is 5.64. The van der Waals surface area contributed by atoms with Crippen LogP contribution >= 0.6 is 27.3 Å². The van der Waals surface area contributed by atoms with Crippen molar-refractivity contribution in [3.05, 3.63) is 60.7 Å². The normalized spacial score (nSPS) is 22.2. The number of rotatable bonds is 3. The summed E-state index contributed by atoms with van der Waals surface area (Å²) in [6, 6.07) is 20.3. The van der Waals surface area contributed by atoms with Crippen molar-refractivity contribution < 1.29 is 4.52 Å². The monoisotopic (exact) mass is 310 g/mol. The van der Waals surface area contributed by atoms with Gasteiger partial charge in [-0.25, -0.2) is 0 Å². The van der Waals surface area contributed by atoms with Gasteiger partial charge in [0.1, 0.15) is 0 Å². The summed E-state index contributed by atoms with van der Waals surface area (Å²) >= 11 is 6.58. The van der Waals surface area contributed by atoms with Gasteiger partial charge in [-0.1, -0.05) is 36.4 Å². The third kappa shape index (κ3) is 2.32. The highest BCUT2D eigenvalue weighted by atomic mass is 35.7. The van der Waals surface area contributed by atoms with E-state index in [9.17, 15) is 0 Å². The molecule has 2 aromatic carbocycles. The molecule has 0 radical (unpaired) electrons. The van der Waals surface area contributed by atoms with Crippen LogP contribution in [-0.4, -0.2) is 7.11 Å². The first-order chi connectivity index (χ1) is 9.33. The molecule has 0 amide bonds. The van der Waals surface area contributed by atoms with Crippen molar-refractivity contribution in [3.63, 3.8) is 0 Å². The Bertz CT molecular complexity index is 495. The smallest absolute Gasteiger partial charge is 0.259 e. The molecule has 2 aromatic rings. The molecule has 0 N–H and O–H groups in total. The van der Waals surface area contributed by atoms with Crippen LogP contribution < -0.4 is 8.88 Å². The van der Waals surface area contributed by atoms with Gasteiger partial charge in [-0.3, -0.25) is 8.88 Å². The zero-order valence-corrected chi connectivity index (χ0v) is 12.9. The first-order valence-corrected chi connectivity index (χ1v) is 9.15. The number of anilines is 2. The lowest BCUT2D eigenvalue weighted by molar-refractivity contribution is 0.460.